The van der Waals surface area contributed by atoms with Gasteiger partial charge in [-0.2, -0.15) is 0 Å². The maximum absolute atomic E-state index is 5.17. The average Bonchev–Trinajstić information content (AvgIpc) is 2.50. The molecule has 12 heavy (non-hydrogen) atoms. The number of allylic oxidation sites excluding steroid dienone is 1. The van der Waals surface area contributed by atoms with Crippen LogP contribution in [0.4, 0.5) is 0 Å². The van der Waals surface area contributed by atoms with Gasteiger partial charge < -0.3 is 4.74 Å². The van der Waals surface area contributed by atoms with Crippen molar-refractivity contribution in [2.75, 3.05) is 26.8 Å². The first kappa shape index (κ1) is 9.75. The van der Waals surface area contributed by atoms with E-state index in [0.29, 0.717) is 6.04 Å². The van der Waals surface area contributed by atoms with Gasteiger partial charge in [0.15, 0.2) is 0 Å². The van der Waals surface area contributed by atoms with Crippen LogP contribution in [0.25, 0.3) is 0 Å². The van der Waals surface area contributed by atoms with Crippen LogP contribution >= 0.6 is 0 Å². The van der Waals surface area contributed by atoms with Crippen molar-refractivity contribution in [3.05, 3.63) is 12.2 Å². The van der Waals surface area contributed by atoms with E-state index in [9.17, 15) is 0 Å². The highest BCUT2D eigenvalue weighted by Crippen LogP contribution is 2.16. The zero-order valence-electron chi connectivity index (χ0n) is 8.12. The maximum atomic E-state index is 5.17. The smallest absolute Gasteiger partial charge is 0.0618 e. The van der Waals surface area contributed by atoms with Gasteiger partial charge in [-0.05, 0) is 26.3 Å². The summed E-state index contributed by atoms with van der Waals surface area (Å²) in [6, 6.07) is 0.659. The van der Waals surface area contributed by atoms with Crippen molar-refractivity contribution >= 4 is 0 Å². The predicted octanol–water partition coefficient (Wildman–Crippen LogP) is 1.67. The number of likely N-dealkylation sites (tertiary alicyclic amines) is 1. The molecule has 0 aromatic carbocycles. The Balaban J connectivity index is 2.30. The van der Waals surface area contributed by atoms with E-state index in [1.165, 1.54) is 19.4 Å². The van der Waals surface area contributed by atoms with Crippen LogP contribution in [0.3, 0.4) is 0 Å². The molecule has 0 saturated carbocycles. The fourth-order valence-electron chi connectivity index (χ4n) is 1.76. The summed E-state index contributed by atoms with van der Waals surface area (Å²) < 4.78 is 5.17. The highest BCUT2D eigenvalue weighted by atomic mass is 16.5. The molecule has 2 nitrogen and oxygen atoms in total. The molecule has 0 radical (unpaired) electrons. The molecule has 0 aliphatic carbocycles. The van der Waals surface area contributed by atoms with Crippen LogP contribution < -0.4 is 0 Å². The average molecular weight is 169 g/mol. The topological polar surface area (TPSA) is 12.5 Å². The van der Waals surface area contributed by atoms with Crippen LogP contribution in [0.1, 0.15) is 19.8 Å². The minimum atomic E-state index is 0.659. The van der Waals surface area contributed by atoms with Crippen molar-refractivity contribution in [1.29, 1.82) is 0 Å². The summed E-state index contributed by atoms with van der Waals surface area (Å²) in [5.74, 6) is 0. The monoisotopic (exact) mass is 169 g/mol. The fraction of sp³-hybridized carbons (Fsp3) is 0.800. The van der Waals surface area contributed by atoms with Gasteiger partial charge in [0.1, 0.15) is 0 Å². The Labute approximate surface area is 75.2 Å². The summed E-state index contributed by atoms with van der Waals surface area (Å²) in [6.45, 7) is 5.28. The van der Waals surface area contributed by atoms with Gasteiger partial charge >= 0.3 is 0 Å². The van der Waals surface area contributed by atoms with Crippen molar-refractivity contribution in [2.45, 2.75) is 25.8 Å². The van der Waals surface area contributed by atoms with Gasteiger partial charge in [-0.15, -0.1) is 0 Å². The molecule has 0 unspecified atom stereocenters. The second-order valence-corrected chi connectivity index (χ2v) is 3.32. The third-order valence-corrected chi connectivity index (χ3v) is 2.43. The second kappa shape index (κ2) is 5.33. The molecule has 1 atom stereocenters. The van der Waals surface area contributed by atoms with Crippen LogP contribution in [0.2, 0.25) is 0 Å². The van der Waals surface area contributed by atoms with Gasteiger partial charge in [-0.25, -0.2) is 0 Å². The molecule has 1 saturated heterocycles. The van der Waals surface area contributed by atoms with Gasteiger partial charge in [-0.1, -0.05) is 12.2 Å². The lowest BCUT2D eigenvalue weighted by atomic mass is 10.2. The zero-order valence-corrected chi connectivity index (χ0v) is 8.12. The van der Waals surface area contributed by atoms with Crippen LogP contribution in [-0.4, -0.2) is 37.7 Å². The molecule has 0 aromatic rings. The molecular formula is C10H19NO. The van der Waals surface area contributed by atoms with Gasteiger partial charge in [0.2, 0.25) is 0 Å². The molecule has 1 aliphatic heterocycles. The summed E-state index contributed by atoms with van der Waals surface area (Å²) >= 11 is 0. The zero-order chi connectivity index (χ0) is 8.81. The first-order chi connectivity index (χ1) is 5.88. The predicted molar refractivity (Wildman–Crippen MR) is 51.3 cm³/mol. The van der Waals surface area contributed by atoms with E-state index in [1.54, 1.807) is 7.11 Å². The molecule has 0 bridgehead atoms. The van der Waals surface area contributed by atoms with E-state index >= 15 is 0 Å². The van der Waals surface area contributed by atoms with E-state index in [0.717, 1.165) is 13.2 Å². The fourth-order valence-corrected chi connectivity index (χ4v) is 1.76. The molecule has 0 spiro atoms. The van der Waals surface area contributed by atoms with E-state index in [-0.39, 0.29) is 0 Å². The summed E-state index contributed by atoms with van der Waals surface area (Å²) in [5.41, 5.74) is 0. The van der Waals surface area contributed by atoms with Crippen molar-refractivity contribution < 1.29 is 4.74 Å². The second-order valence-electron chi connectivity index (χ2n) is 3.32. The summed E-state index contributed by atoms with van der Waals surface area (Å²) in [6.07, 6.45) is 6.95. The Morgan fingerprint density at radius 3 is 3.08 bits per heavy atom. The molecule has 0 amide bonds. The molecule has 1 aliphatic rings. The van der Waals surface area contributed by atoms with Crippen LogP contribution in [0.15, 0.2) is 12.2 Å². The lowest BCUT2D eigenvalue weighted by Gasteiger charge is -2.21. The van der Waals surface area contributed by atoms with Gasteiger partial charge in [0.05, 0.1) is 6.61 Å². The number of hydrogen-bond donors (Lipinski definition) is 0. The molecular weight excluding hydrogens is 150 g/mol. The Kier molecular flexibility index (Phi) is 4.33. The maximum Gasteiger partial charge on any atom is 0.0618 e. The Hall–Kier alpha value is -0.340. The summed E-state index contributed by atoms with van der Waals surface area (Å²) in [5, 5.41) is 0. The van der Waals surface area contributed by atoms with E-state index in [1.807, 2.05) is 0 Å². The number of ether oxygens (including phenoxy) is 1. The third kappa shape index (κ3) is 2.61. The van der Waals surface area contributed by atoms with Crippen molar-refractivity contribution in [2.24, 2.45) is 0 Å². The molecule has 1 heterocycles. The van der Waals surface area contributed by atoms with Crippen LogP contribution in [0, 0.1) is 0 Å². The molecule has 0 N–H and O–H groups in total. The van der Waals surface area contributed by atoms with Crippen LogP contribution in [-0.2, 0) is 4.74 Å². The third-order valence-electron chi connectivity index (χ3n) is 2.43. The Morgan fingerprint density at radius 2 is 2.42 bits per heavy atom. The molecule has 2 heteroatoms. The SMILES string of the molecule is C/C=C/CN1CCC[C@H]1COC. The van der Waals surface area contributed by atoms with Crippen molar-refractivity contribution in [3.8, 4) is 0 Å². The number of hydrogen-bond acceptors (Lipinski definition) is 2. The van der Waals surface area contributed by atoms with E-state index < -0.39 is 0 Å². The standard InChI is InChI=1S/C10H19NO/c1-3-4-7-11-8-5-6-10(11)9-12-2/h3-4,10H,5-9H2,1-2H3/b4-3+/t10-/m0/s1. The van der Waals surface area contributed by atoms with E-state index in [2.05, 4.69) is 24.0 Å². The minimum absolute atomic E-state index is 0.659. The normalized spacial score (nSPS) is 25.7. The number of rotatable bonds is 4. The summed E-state index contributed by atoms with van der Waals surface area (Å²) in [7, 11) is 1.78. The molecule has 0 aromatic heterocycles. The lowest BCUT2D eigenvalue weighted by Crippen LogP contribution is -2.32. The Morgan fingerprint density at radius 1 is 1.58 bits per heavy atom. The van der Waals surface area contributed by atoms with Gasteiger partial charge in [0, 0.05) is 19.7 Å². The summed E-state index contributed by atoms with van der Waals surface area (Å²) in [4.78, 5) is 2.49. The highest BCUT2D eigenvalue weighted by Gasteiger charge is 2.22. The van der Waals surface area contributed by atoms with Crippen molar-refractivity contribution in [3.63, 3.8) is 0 Å². The number of nitrogens with zero attached hydrogens (tertiary/aromatic N) is 1. The number of methoxy groups -OCH3 is 1. The van der Waals surface area contributed by atoms with Crippen LogP contribution in [0.5, 0.6) is 0 Å². The molecule has 70 valence electrons. The molecule has 1 fully saturated rings. The largest absolute Gasteiger partial charge is 0.383 e. The Bertz CT molecular complexity index is 145. The van der Waals surface area contributed by atoms with E-state index in [4.69, 9.17) is 4.74 Å². The lowest BCUT2D eigenvalue weighted by molar-refractivity contribution is 0.122. The molecule has 1 rings (SSSR count). The minimum Gasteiger partial charge on any atom is -0.383 e. The van der Waals surface area contributed by atoms with Gasteiger partial charge in [-0.3, -0.25) is 4.90 Å². The highest BCUT2D eigenvalue weighted by molar-refractivity contribution is 4.87. The van der Waals surface area contributed by atoms with Gasteiger partial charge in [0.25, 0.3) is 0 Å². The first-order valence-electron chi connectivity index (χ1n) is 4.72. The first-order valence-corrected chi connectivity index (χ1v) is 4.72. The quantitative estimate of drug-likeness (QED) is 0.594. The van der Waals surface area contributed by atoms with Crippen molar-refractivity contribution in [1.82, 2.24) is 4.90 Å².